The number of rotatable bonds is 5. The molecule has 1 unspecified atom stereocenters. The molecule has 5 nitrogen and oxygen atoms in total. The van der Waals surface area contributed by atoms with E-state index < -0.39 is 0 Å². The Bertz CT molecular complexity index is 870. The molecule has 0 aliphatic heterocycles. The first-order valence-electron chi connectivity index (χ1n) is 8.36. The van der Waals surface area contributed by atoms with E-state index in [0.29, 0.717) is 6.42 Å². The van der Waals surface area contributed by atoms with Crippen molar-refractivity contribution in [3.8, 4) is 5.69 Å². The van der Waals surface area contributed by atoms with E-state index in [0.717, 1.165) is 28.3 Å². The van der Waals surface area contributed by atoms with Crippen LogP contribution in [0.15, 0.2) is 54.9 Å². The fraction of sp³-hybridized carbons (Fsp3) is 0.250. The fourth-order valence-electron chi connectivity index (χ4n) is 2.91. The lowest BCUT2D eigenvalue weighted by Gasteiger charge is -2.13. The van der Waals surface area contributed by atoms with Gasteiger partial charge >= 0.3 is 0 Å². The van der Waals surface area contributed by atoms with Crippen molar-refractivity contribution in [1.82, 2.24) is 14.8 Å². The number of amides is 1. The van der Waals surface area contributed by atoms with Gasteiger partial charge in [-0.3, -0.25) is 9.78 Å². The SMILES string of the molecule is Cc1cc(C)n(-c2cccc(NC(=O)CC(C)c3ccncc3)c2)n1. The van der Waals surface area contributed by atoms with Crippen LogP contribution in [0, 0.1) is 13.8 Å². The highest BCUT2D eigenvalue weighted by atomic mass is 16.1. The van der Waals surface area contributed by atoms with Crippen LogP contribution < -0.4 is 5.32 Å². The molecule has 0 spiro atoms. The quantitative estimate of drug-likeness (QED) is 0.767. The first-order chi connectivity index (χ1) is 12.0. The van der Waals surface area contributed by atoms with E-state index in [-0.39, 0.29) is 11.8 Å². The Kier molecular flexibility index (Phi) is 4.93. The van der Waals surface area contributed by atoms with Gasteiger partial charge in [-0.25, -0.2) is 4.68 Å². The van der Waals surface area contributed by atoms with Crippen LogP contribution in [-0.4, -0.2) is 20.7 Å². The molecule has 25 heavy (non-hydrogen) atoms. The van der Waals surface area contributed by atoms with Gasteiger partial charge in [0.05, 0.1) is 11.4 Å². The number of aryl methyl sites for hydroxylation is 2. The number of carbonyl (C=O) groups is 1. The van der Waals surface area contributed by atoms with E-state index in [2.05, 4.69) is 15.4 Å². The van der Waals surface area contributed by atoms with Crippen molar-refractivity contribution in [2.45, 2.75) is 33.1 Å². The van der Waals surface area contributed by atoms with Crippen molar-refractivity contribution in [3.63, 3.8) is 0 Å². The minimum Gasteiger partial charge on any atom is -0.326 e. The molecule has 2 aromatic heterocycles. The molecule has 2 heterocycles. The van der Waals surface area contributed by atoms with Crippen molar-refractivity contribution in [2.75, 3.05) is 5.32 Å². The Hall–Kier alpha value is -2.95. The van der Waals surface area contributed by atoms with Gasteiger partial charge in [-0.2, -0.15) is 5.10 Å². The molecular formula is C20H22N4O. The van der Waals surface area contributed by atoms with E-state index >= 15 is 0 Å². The molecule has 0 saturated heterocycles. The van der Waals surface area contributed by atoms with Gasteiger partial charge in [0, 0.05) is 30.2 Å². The average molecular weight is 334 g/mol. The number of carbonyl (C=O) groups excluding carboxylic acids is 1. The highest BCUT2D eigenvalue weighted by molar-refractivity contribution is 5.91. The standard InChI is InChI=1S/C20H22N4O/c1-14(17-7-9-21-10-8-17)11-20(25)22-18-5-4-6-19(13-18)24-16(3)12-15(2)23-24/h4-10,12-14H,11H2,1-3H3,(H,22,25). The number of pyridine rings is 1. The Morgan fingerprint density at radius 1 is 1.16 bits per heavy atom. The Morgan fingerprint density at radius 3 is 2.60 bits per heavy atom. The molecule has 1 N–H and O–H groups in total. The molecule has 0 radical (unpaired) electrons. The van der Waals surface area contributed by atoms with Gasteiger partial charge in [0.2, 0.25) is 5.91 Å². The minimum absolute atomic E-state index is 0.00479. The predicted molar refractivity (Wildman–Crippen MR) is 98.9 cm³/mol. The zero-order chi connectivity index (χ0) is 17.8. The second-order valence-electron chi connectivity index (χ2n) is 6.32. The van der Waals surface area contributed by atoms with E-state index in [9.17, 15) is 4.79 Å². The largest absolute Gasteiger partial charge is 0.326 e. The molecule has 5 heteroatoms. The Labute approximate surface area is 147 Å². The van der Waals surface area contributed by atoms with Crippen LogP contribution in [0.1, 0.15) is 36.2 Å². The molecule has 3 aromatic rings. The number of hydrogen-bond donors (Lipinski definition) is 1. The summed E-state index contributed by atoms with van der Waals surface area (Å²) < 4.78 is 1.88. The molecule has 1 amide bonds. The van der Waals surface area contributed by atoms with Crippen LogP contribution in [0.25, 0.3) is 5.69 Å². The maximum Gasteiger partial charge on any atom is 0.224 e. The first kappa shape index (κ1) is 16.9. The van der Waals surface area contributed by atoms with Gasteiger partial charge in [0.25, 0.3) is 0 Å². The van der Waals surface area contributed by atoms with Crippen LogP contribution in [0.2, 0.25) is 0 Å². The third-order valence-corrected chi connectivity index (χ3v) is 4.15. The van der Waals surface area contributed by atoms with Gasteiger partial charge in [0.15, 0.2) is 0 Å². The van der Waals surface area contributed by atoms with Crippen molar-refractivity contribution in [3.05, 3.63) is 71.8 Å². The van der Waals surface area contributed by atoms with Crippen LogP contribution in [0.4, 0.5) is 5.69 Å². The zero-order valence-electron chi connectivity index (χ0n) is 14.7. The van der Waals surface area contributed by atoms with Gasteiger partial charge in [-0.1, -0.05) is 13.0 Å². The summed E-state index contributed by atoms with van der Waals surface area (Å²) >= 11 is 0. The maximum absolute atomic E-state index is 12.4. The van der Waals surface area contributed by atoms with Gasteiger partial charge in [-0.15, -0.1) is 0 Å². The third-order valence-electron chi connectivity index (χ3n) is 4.15. The number of aromatic nitrogens is 3. The second-order valence-corrected chi connectivity index (χ2v) is 6.32. The van der Waals surface area contributed by atoms with Crippen LogP contribution in [0.3, 0.4) is 0 Å². The normalized spacial score (nSPS) is 12.0. The highest BCUT2D eigenvalue weighted by Gasteiger charge is 2.12. The van der Waals surface area contributed by atoms with Gasteiger partial charge in [0.1, 0.15) is 0 Å². The molecule has 0 aliphatic rings. The van der Waals surface area contributed by atoms with E-state index in [1.54, 1.807) is 12.4 Å². The Morgan fingerprint density at radius 2 is 1.92 bits per heavy atom. The predicted octanol–water partition coefficient (Wildman–Crippen LogP) is 4.02. The van der Waals surface area contributed by atoms with Crippen molar-refractivity contribution in [2.24, 2.45) is 0 Å². The molecule has 0 aliphatic carbocycles. The smallest absolute Gasteiger partial charge is 0.224 e. The molecule has 0 bridgehead atoms. The van der Waals surface area contributed by atoms with Crippen molar-refractivity contribution in [1.29, 1.82) is 0 Å². The molecule has 1 aromatic carbocycles. The lowest BCUT2D eigenvalue weighted by Crippen LogP contribution is -2.14. The van der Waals surface area contributed by atoms with Gasteiger partial charge in [-0.05, 0) is 61.7 Å². The molecular weight excluding hydrogens is 312 g/mol. The Balaban J connectivity index is 1.70. The number of nitrogens with one attached hydrogen (secondary N) is 1. The summed E-state index contributed by atoms with van der Waals surface area (Å²) in [7, 11) is 0. The summed E-state index contributed by atoms with van der Waals surface area (Å²) in [6, 6.07) is 13.7. The average Bonchev–Trinajstić information content (AvgIpc) is 2.94. The zero-order valence-corrected chi connectivity index (χ0v) is 14.7. The number of hydrogen-bond acceptors (Lipinski definition) is 3. The number of benzene rings is 1. The highest BCUT2D eigenvalue weighted by Crippen LogP contribution is 2.20. The van der Waals surface area contributed by atoms with E-state index in [1.165, 1.54) is 0 Å². The van der Waals surface area contributed by atoms with Crippen LogP contribution in [0.5, 0.6) is 0 Å². The first-order valence-corrected chi connectivity index (χ1v) is 8.36. The lowest BCUT2D eigenvalue weighted by molar-refractivity contribution is -0.116. The summed E-state index contributed by atoms with van der Waals surface area (Å²) in [4.78, 5) is 16.4. The van der Waals surface area contributed by atoms with Crippen LogP contribution in [-0.2, 0) is 4.79 Å². The molecule has 1 atom stereocenters. The molecule has 0 fully saturated rings. The lowest BCUT2D eigenvalue weighted by atomic mass is 9.98. The minimum atomic E-state index is -0.00479. The summed E-state index contributed by atoms with van der Waals surface area (Å²) in [5, 5.41) is 7.47. The second kappa shape index (κ2) is 7.30. The summed E-state index contributed by atoms with van der Waals surface area (Å²) in [5.74, 6) is 0.136. The molecule has 0 saturated carbocycles. The van der Waals surface area contributed by atoms with Crippen LogP contribution >= 0.6 is 0 Å². The number of nitrogens with zero attached hydrogens (tertiary/aromatic N) is 3. The van der Waals surface area contributed by atoms with E-state index in [1.807, 2.05) is 67.9 Å². The third kappa shape index (κ3) is 4.12. The van der Waals surface area contributed by atoms with Crippen molar-refractivity contribution < 1.29 is 4.79 Å². The summed E-state index contributed by atoms with van der Waals surface area (Å²) in [6.07, 6.45) is 3.93. The molecule has 3 rings (SSSR count). The topological polar surface area (TPSA) is 59.8 Å². The number of anilines is 1. The maximum atomic E-state index is 12.4. The monoisotopic (exact) mass is 334 g/mol. The van der Waals surface area contributed by atoms with Gasteiger partial charge < -0.3 is 5.32 Å². The summed E-state index contributed by atoms with van der Waals surface area (Å²) in [6.45, 7) is 6.03. The molecule has 128 valence electrons. The van der Waals surface area contributed by atoms with E-state index in [4.69, 9.17) is 0 Å². The fourth-order valence-corrected chi connectivity index (χ4v) is 2.91. The summed E-state index contributed by atoms with van der Waals surface area (Å²) in [5.41, 5.74) is 4.86. The van der Waals surface area contributed by atoms with Crippen molar-refractivity contribution >= 4 is 11.6 Å².